The highest BCUT2D eigenvalue weighted by Crippen LogP contribution is 2.49. The molecule has 4 amide bonds. The molecule has 0 saturated carbocycles. The largest absolute Gasteiger partial charge is 0.409 e. The Morgan fingerprint density at radius 3 is 1.17 bits per heavy atom. The van der Waals surface area contributed by atoms with E-state index < -0.39 is 48.1 Å². The maximum absolute atomic E-state index is 13.7. The van der Waals surface area contributed by atoms with Gasteiger partial charge in [-0.2, -0.15) is 36.9 Å². The summed E-state index contributed by atoms with van der Waals surface area (Å²) in [5, 5.41) is 21.1. The number of carbonyl (C=O) groups is 4. The van der Waals surface area contributed by atoms with E-state index in [9.17, 15) is 56.0 Å². The van der Waals surface area contributed by atoms with Gasteiger partial charge in [0.2, 0.25) is 0 Å². The van der Waals surface area contributed by atoms with Crippen LogP contribution in [0.25, 0.3) is 43.1 Å². The predicted molar refractivity (Wildman–Crippen MR) is 149 cm³/mol. The van der Waals surface area contributed by atoms with Crippen molar-refractivity contribution in [2.24, 2.45) is 0 Å². The number of alkyl halides is 6. The van der Waals surface area contributed by atoms with Crippen LogP contribution in [-0.4, -0.2) is 57.9 Å². The lowest BCUT2D eigenvalue weighted by Gasteiger charge is -2.34. The summed E-state index contributed by atoms with van der Waals surface area (Å²) < 4.78 is 82.2. The van der Waals surface area contributed by atoms with Gasteiger partial charge in [0.05, 0.1) is 34.4 Å². The van der Waals surface area contributed by atoms with Crippen molar-refractivity contribution in [3.05, 3.63) is 69.8 Å². The molecule has 2 aliphatic heterocycles. The van der Waals surface area contributed by atoms with Crippen LogP contribution in [0.1, 0.15) is 66.4 Å². The molecule has 0 fully saturated rings. The van der Waals surface area contributed by atoms with E-state index >= 15 is 0 Å². The van der Waals surface area contributed by atoms with Crippen molar-refractivity contribution in [2.45, 2.75) is 38.3 Å². The standard InChI is InChI=1S/C32H14F6N4O4/c1-11(31(33,34)35)41-27(43)17-5-3-15-22-14(10-40)8-20-24-18(28(44)42(30(20)46)12(2)32(36,37)38)6-4-16(26(22)24)21-13(9-39)7-19(29(41)45)23(17)25(15)21/h3-8,11-12H,1-2H3. The first-order valence-electron chi connectivity index (χ1n) is 13.5. The number of imide groups is 2. The van der Waals surface area contributed by atoms with E-state index in [2.05, 4.69) is 0 Å². The van der Waals surface area contributed by atoms with E-state index in [1.807, 2.05) is 12.1 Å². The van der Waals surface area contributed by atoms with E-state index in [1.165, 1.54) is 24.3 Å². The molecule has 2 unspecified atom stereocenters. The first-order valence-corrected chi connectivity index (χ1v) is 13.5. The Balaban J connectivity index is 1.65. The summed E-state index contributed by atoms with van der Waals surface area (Å²) in [6.45, 7) is 1.31. The number of benzene rings is 5. The van der Waals surface area contributed by atoms with Crippen LogP contribution in [0, 0.1) is 22.7 Å². The van der Waals surface area contributed by atoms with Gasteiger partial charge in [0.15, 0.2) is 0 Å². The molecule has 2 heterocycles. The maximum atomic E-state index is 13.7. The van der Waals surface area contributed by atoms with E-state index in [4.69, 9.17) is 0 Å². The van der Waals surface area contributed by atoms with Crippen molar-refractivity contribution in [2.75, 3.05) is 0 Å². The number of nitrogens with zero attached hydrogens (tertiary/aromatic N) is 4. The molecule has 0 spiro atoms. The molecule has 46 heavy (non-hydrogen) atoms. The van der Waals surface area contributed by atoms with Gasteiger partial charge < -0.3 is 0 Å². The molecule has 228 valence electrons. The van der Waals surface area contributed by atoms with Crippen LogP contribution in [0.15, 0.2) is 36.4 Å². The normalized spacial score (nSPS) is 16.6. The van der Waals surface area contributed by atoms with Crippen LogP contribution in [0.5, 0.6) is 0 Å². The first kappa shape index (κ1) is 29.0. The van der Waals surface area contributed by atoms with Crippen LogP contribution >= 0.6 is 0 Å². The summed E-state index contributed by atoms with van der Waals surface area (Å²) in [6, 6.07) is 6.02. The number of carbonyl (C=O) groups excluding carboxylic acids is 4. The van der Waals surface area contributed by atoms with Gasteiger partial charge in [0, 0.05) is 43.4 Å². The van der Waals surface area contributed by atoms with Gasteiger partial charge in [0.1, 0.15) is 12.1 Å². The summed E-state index contributed by atoms with van der Waals surface area (Å²) in [4.78, 5) is 54.0. The van der Waals surface area contributed by atoms with Crippen molar-refractivity contribution in [1.82, 2.24) is 9.80 Å². The average Bonchev–Trinajstić information content (AvgIpc) is 3.00. The summed E-state index contributed by atoms with van der Waals surface area (Å²) >= 11 is 0. The Hall–Kier alpha value is -5.76. The van der Waals surface area contributed by atoms with Gasteiger partial charge in [0.25, 0.3) is 23.6 Å². The second kappa shape index (κ2) is 8.91. The third kappa shape index (κ3) is 3.44. The summed E-state index contributed by atoms with van der Waals surface area (Å²) in [7, 11) is 0. The van der Waals surface area contributed by atoms with E-state index in [1.54, 1.807) is 0 Å². The highest BCUT2D eigenvalue weighted by atomic mass is 19.4. The molecule has 8 nitrogen and oxygen atoms in total. The Labute approximate surface area is 252 Å². The molecular weight excluding hydrogens is 618 g/mol. The Morgan fingerprint density at radius 2 is 0.870 bits per heavy atom. The minimum atomic E-state index is -4.95. The molecule has 2 aliphatic rings. The van der Waals surface area contributed by atoms with Crippen LogP contribution in [-0.2, 0) is 0 Å². The number of fused-ring (bicyclic) bond motifs is 2. The molecular formula is C32H14F6N4O4. The van der Waals surface area contributed by atoms with Gasteiger partial charge in [-0.1, -0.05) is 12.1 Å². The Morgan fingerprint density at radius 1 is 0.543 bits per heavy atom. The number of amides is 4. The first-order chi connectivity index (χ1) is 21.5. The number of rotatable bonds is 2. The fourth-order valence-corrected chi connectivity index (χ4v) is 6.68. The zero-order chi connectivity index (χ0) is 33.4. The minimum absolute atomic E-state index is 0.0487. The third-order valence-electron chi connectivity index (χ3n) is 8.86. The second-order valence-corrected chi connectivity index (χ2v) is 11.1. The summed E-state index contributed by atoms with van der Waals surface area (Å²) in [6.07, 6.45) is -9.91. The van der Waals surface area contributed by atoms with Crippen LogP contribution in [0.3, 0.4) is 0 Å². The molecule has 0 radical (unpaired) electrons. The van der Waals surface area contributed by atoms with E-state index in [0.717, 1.165) is 12.1 Å². The van der Waals surface area contributed by atoms with Crippen LogP contribution in [0.4, 0.5) is 26.3 Å². The zero-order valence-corrected chi connectivity index (χ0v) is 23.3. The van der Waals surface area contributed by atoms with Gasteiger partial charge in [-0.15, -0.1) is 0 Å². The lowest BCUT2D eigenvalue weighted by atomic mass is 9.79. The fraction of sp³-hybridized carbons (Fsp3) is 0.188. The van der Waals surface area contributed by atoms with Gasteiger partial charge in [-0.05, 0) is 48.9 Å². The molecule has 2 atom stereocenters. The van der Waals surface area contributed by atoms with Crippen LogP contribution in [0.2, 0.25) is 0 Å². The summed E-state index contributed by atoms with van der Waals surface area (Å²) in [5.41, 5.74) is -1.62. The lowest BCUT2D eigenvalue weighted by Crippen LogP contribution is -2.52. The number of nitriles is 2. The van der Waals surface area contributed by atoms with Crippen molar-refractivity contribution in [3.63, 3.8) is 0 Å². The molecule has 0 saturated heterocycles. The molecule has 0 N–H and O–H groups in total. The topological polar surface area (TPSA) is 122 Å². The lowest BCUT2D eigenvalue weighted by molar-refractivity contribution is -0.166. The van der Waals surface area contributed by atoms with Crippen LogP contribution < -0.4 is 0 Å². The average molecular weight is 632 g/mol. The zero-order valence-electron chi connectivity index (χ0n) is 23.3. The number of hydrogen-bond acceptors (Lipinski definition) is 6. The fourth-order valence-electron chi connectivity index (χ4n) is 6.68. The minimum Gasteiger partial charge on any atom is -0.269 e. The predicted octanol–water partition coefficient (Wildman–Crippen LogP) is 6.57. The van der Waals surface area contributed by atoms with Gasteiger partial charge >= 0.3 is 12.4 Å². The summed E-state index contributed by atoms with van der Waals surface area (Å²) in [5.74, 6) is -5.02. The second-order valence-electron chi connectivity index (χ2n) is 11.1. The van der Waals surface area contributed by atoms with Gasteiger partial charge in [-0.3, -0.25) is 29.0 Å². The third-order valence-corrected chi connectivity index (χ3v) is 8.86. The monoisotopic (exact) mass is 632 g/mol. The number of hydrogen-bond donors (Lipinski definition) is 0. The molecule has 5 aromatic rings. The van der Waals surface area contributed by atoms with Crippen molar-refractivity contribution in [3.8, 4) is 12.1 Å². The van der Waals surface area contributed by atoms with E-state index in [-0.39, 0.29) is 86.3 Å². The highest BCUT2D eigenvalue weighted by Gasteiger charge is 2.50. The number of halogens is 6. The molecule has 14 heteroatoms. The smallest absolute Gasteiger partial charge is 0.269 e. The maximum Gasteiger partial charge on any atom is 0.409 e. The Kier molecular flexibility index (Phi) is 5.61. The molecule has 0 bridgehead atoms. The van der Waals surface area contributed by atoms with E-state index in [0.29, 0.717) is 13.8 Å². The van der Waals surface area contributed by atoms with Crippen molar-refractivity contribution in [1.29, 1.82) is 10.5 Å². The van der Waals surface area contributed by atoms with Gasteiger partial charge in [-0.25, -0.2) is 0 Å². The highest BCUT2D eigenvalue weighted by molar-refractivity contribution is 6.42. The molecule has 0 aromatic heterocycles. The molecule has 0 aliphatic carbocycles. The Bertz CT molecular complexity index is 2230. The quantitative estimate of drug-likeness (QED) is 0.0939. The van der Waals surface area contributed by atoms with Crippen molar-refractivity contribution >= 4 is 66.7 Å². The molecule has 5 aromatic carbocycles. The van der Waals surface area contributed by atoms with Crippen molar-refractivity contribution < 1.29 is 45.5 Å². The molecule has 7 rings (SSSR count). The SMILES string of the molecule is CC(N1C(=O)c2ccc3c4c(C#N)cc5c6c(ccc(c7c(C#N)cc(c2c37)C1=O)c64)C(=O)N(C(C)C(F)(F)F)C5=O)C(F)(F)F.